The van der Waals surface area contributed by atoms with Crippen molar-refractivity contribution in [2.45, 2.75) is 46.6 Å². The molecule has 24 heavy (non-hydrogen) atoms. The summed E-state index contributed by atoms with van der Waals surface area (Å²) in [7, 11) is 0. The van der Waals surface area contributed by atoms with Gasteiger partial charge in [0.15, 0.2) is 0 Å². The molecule has 1 unspecified atom stereocenters. The van der Waals surface area contributed by atoms with Gasteiger partial charge in [0.1, 0.15) is 0 Å². The van der Waals surface area contributed by atoms with Gasteiger partial charge in [-0.1, -0.05) is 55.8 Å². The van der Waals surface area contributed by atoms with E-state index in [2.05, 4.69) is 72.9 Å². The van der Waals surface area contributed by atoms with Crippen molar-refractivity contribution in [1.29, 1.82) is 0 Å². The summed E-state index contributed by atoms with van der Waals surface area (Å²) in [6.45, 7) is 9.35. The van der Waals surface area contributed by atoms with Crippen molar-refractivity contribution >= 4 is 0 Å². The number of hydrogen-bond acceptors (Lipinski definition) is 2. The van der Waals surface area contributed by atoms with E-state index in [1.54, 1.807) is 0 Å². The van der Waals surface area contributed by atoms with E-state index in [4.69, 9.17) is 0 Å². The van der Waals surface area contributed by atoms with Crippen molar-refractivity contribution in [1.82, 2.24) is 10.2 Å². The highest BCUT2D eigenvalue weighted by atomic mass is 15.3. The summed E-state index contributed by atoms with van der Waals surface area (Å²) in [6.07, 6.45) is 6.51. The summed E-state index contributed by atoms with van der Waals surface area (Å²) >= 11 is 0. The van der Waals surface area contributed by atoms with Crippen LogP contribution in [-0.2, 0) is 12.8 Å². The minimum atomic E-state index is 0.320. The Morgan fingerprint density at radius 1 is 1.00 bits per heavy atom. The first-order valence-electron chi connectivity index (χ1n) is 9.07. The van der Waals surface area contributed by atoms with Crippen molar-refractivity contribution < 1.29 is 0 Å². The molecular weight excluding hydrogens is 292 g/mol. The monoisotopic (exact) mass is 320 g/mol. The molecule has 1 aliphatic carbocycles. The fourth-order valence-corrected chi connectivity index (χ4v) is 4.00. The van der Waals surface area contributed by atoms with Gasteiger partial charge in [0.05, 0.1) is 12.7 Å². The molecule has 2 aromatic rings. The number of rotatable bonds is 1. The largest absolute Gasteiger partial charge is 0.373 e. The van der Waals surface area contributed by atoms with Crippen LogP contribution in [0.2, 0.25) is 0 Å². The van der Waals surface area contributed by atoms with Gasteiger partial charge in [0.25, 0.3) is 0 Å². The zero-order valence-corrected chi connectivity index (χ0v) is 15.3. The number of nitrogens with one attached hydrogen (secondary N) is 1. The molecule has 0 bridgehead atoms. The maximum absolute atomic E-state index is 3.33. The summed E-state index contributed by atoms with van der Waals surface area (Å²) in [5.41, 5.74) is 8.75. The number of nitrogens with zero attached hydrogens (tertiary/aromatic N) is 1. The molecule has 126 valence electrons. The summed E-state index contributed by atoms with van der Waals surface area (Å²) in [5.74, 6) is 0. The average Bonchev–Trinajstić information content (AvgIpc) is 3.06. The van der Waals surface area contributed by atoms with Gasteiger partial charge in [-0.15, -0.1) is 0 Å². The van der Waals surface area contributed by atoms with Crippen LogP contribution in [0.1, 0.15) is 53.3 Å². The Kier molecular flexibility index (Phi) is 4.94. The molecule has 2 heteroatoms. The van der Waals surface area contributed by atoms with Crippen molar-refractivity contribution in [3.63, 3.8) is 0 Å². The Bertz CT molecular complexity index is 746. The van der Waals surface area contributed by atoms with Gasteiger partial charge in [-0.25, -0.2) is 0 Å². The zero-order valence-electron chi connectivity index (χ0n) is 15.3. The van der Waals surface area contributed by atoms with E-state index in [0.717, 1.165) is 19.5 Å². The van der Waals surface area contributed by atoms with Gasteiger partial charge in [-0.3, -0.25) is 0 Å². The Morgan fingerprint density at radius 3 is 2.50 bits per heavy atom. The molecule has 0 spiro atoms. The normalized spacial score (nSPS) is 18.0. The summed E-state index contributed by atoms with van der Waals surface area (Å²) in [4.78, 5) is 2.42. The number of fused-ring (bicyclic) bond motifs is 2. The highest BCUT2D eigenvalue weighted by Crippen LogP contribution is 2.39. The predicted octanol–water partition coefficient (Wildman–Crippen LogP) is 4.85. The quantitative estimate of drug-likeness (QED) is 0.808. The first-order valence-corrected chi connectivity index (χ1v) is 9.07. The molecule has 1 heterocycles. The molecular formula is C22H28N2. The van der Waals surface area contributed by atoms with E-state index < -0.39 is 0 Å². The van der Waals surface area contributed by atoms with Crippen molar-refractivity contribution in [3.8, 4) is 0 Å². The molecule has 0 saturated heterocycles. The van der Waals surface area contributed by atoms with Gasteiger partial charge in [-0.05, 0) is 54.5 Å². The topological polar surface area (TPSA) is 15.3 Å². The summed E-state index contributed by atoms with van der Waals surface area (Å²) < 4.78 is 0. The smallest absolute Gasteiger partial charge is 0.0876 e. The molecule has 2 nitrogen and oxygen atoms in total. The highest BCUT2D eigenvalue weighted by molar-refractivity contribution is 5.49. The van der Waals surface area contributed by atoms with Crippen LogP contribution in [-0.4, -0.2) is 11.6 Å². The van der Waals surface area contributed by atoms with Crippen LogP contribution < -0.4 is 5.32 Å². The first kappa shape index (κ1) is 16.6. The second kappa shape index (κ2) is 7.12. The molecule has 0 aromatic heterocycles. The van der Waals surface area contributed by atoms with E-state index in [0.29, 0.717) is 6.04 Å². The van der Waals surface area contributed by atoms with Gasteiger partial charge >= 0.3 is 0 Å². The minimum absolute atomic E-state index is 0.320. The molecule has 2 aliphatic rings. The van der Waals surface area contributed by atoms with Gasteiger partial charge in [-0.2, -0.15) is 0 Å². The SMILES string of the molecule is CC.Cc1cc(C)c2c(c1)CCc1ccccc1C2N1C=CNC1. The first-order chi connectivity index (χ1) is 11.7. The molecule has 0 saturated carbocycles. The number of aryl methyl sites for hydroxylation is 4. The molecule has 2 aromatic carbocycles. The molecule has 4 rings (SSSR count). The van der Waals surface area contributed by atoms with E-state index >= 15 is 0 Å². The molecule has 1 aliphatic heterocycles. The minimum Gasteiger partial charge on any atom is -0.373 e. The molecule has 0 radical (unpaired) electrons. The fourth-order valence-electron chi connectivity index (χ4n) is 4.00. The van der Waals surface area contributed by atoms with Crippen molar-refractivity contribution in [2.75, 3.05) is 6.67 Å². The van der Waals surface area contributed by atoms with Gasteiger partial charge in [0, 0.05) is 12.4 Å². The highest BCUT2D eigenvalue weighted by Gasteiger charge is 2.29. The molecule has 1 N–H and O–H groups in total. The van der Waals surface area contributed by atoms with Crippen LogP contribution in [0.25, 0.3) is 0 Å². The van der Waals surface area contributed by atoms with Gasteiger partial charge < -0.3 is 10.2 Å². The number of benzene rings is 2. The van der Waals surface area contributed by atoms with Crippen molar-refractivity contribution in [3.05, 3.63) is 82.2 Å². The third-order valence-electron chi connectivity index (χ3n) is 4.89. The van der Waals surface area contributed by atoms with Crippen LogP contribution >= 0.6 is 0 Å². The van der Waals surface area contributed by atoms with Crippen LogP contribution in [0.4, 0.5) is 0 Å². The van der Waals surface area contributed by atoms with Gasteiger partial charge in [0.2, 0.25) is 0 Å². The van der Waals surface area contributed by atoms with Crippen LogP contribution in [0.3, 0.4) is 0 Å². The lowest BCUT2D eigenvalue weighted by atomic mass is 9.89. The maximum Gasteiger partial charge on any atom is 0.0876 e. The van der Waals surface area contributed by atoms with E-state index in [9.17, 15) is 0 Å². The third kappa shape index (κ3) is 2.93. The predicted molar refractivity (Wildman–Crippen MR) is 102 cm³/mol. The second-order valence-electron chi connectivity index (χ2n) is 6.45. The summed E-state index contributed by atoms with van der Waals surface area (Å²) in [6, 6.07) is 14.0. The van der Waals surface area contributed by atoms with Crippen LogP contribution in [0.15, 0.2) is 48.8 Å². The van der Waals surface area contributed by atoms with E-state index in [1.807, 2.05) is 13.8 Å². The van der Waals surface area contributed by atoms with Crippen LogP contribution in [0.5, 0.6) is 0 Å². The lowest BCUT2D eigenvalue weighted by Gasteiger charge is -2.31. The molecule has 0 fully saturated rings. The maximum atomic E-state index is 3.33. The Balaban J connectivity index is 0.000000815. The van der Waals surface area contributed by atoms with Crippen LogP contribution in [0, 0.1) is 13.8 Å². The Hall–Kier alpha value is -2.22. The lowest BCUT2D eigenvalue weighted by Crippen LogP contribution is -2.28. The average molecular weight is 320 g/mol. The second-order valence-corrected chi connectivity index (χ2v) is 6.45. The van der Waals surface area contributed by atoms with E-state index in [-0.39, 0.29) is 0 Å². The standard InChI is InChI=1S/C20H22N2.C2H6/c1-14-11-15(2)19-17(12-14)8-7-16-5-3-4-6-18(16)20(19)22-10-9-21-13-22;1-2/h3-6,9-12,20-21H,7-8,13H2,1-2H3;1-2H3. The molecule has 0 amide bonds. The third-order valence-corrected chi connectivity index (χ3v) is 4.89. The van der Waals surface area contributed by atoms with Crippen molar-refractivity contribution in [2.24, 2.45) is 0 Å². The Morgan fingerprint density at radius 2 is 1.75 bits per heavy atom. The van der Waals surface area contributed by atoms with E-state index in [1.165, 1.54) is 33.4 Å². The number of hydrogen-bond donors (Lipinski definition) is 1. The fraction of sp³-hybridized carbons (Fsp3) is 0.364. The molecule has 1 atom stereocenters. The lowest BCUT2D eigenvalue weighted by molar-refractivity contribution is 0.329. The Labute approximate surface area is 146 Å². The zero-order chi connectivity index (χ0) is 17.1. The summed E-state index contributed by atoms with van der Waals surface area (Å²) in [5, 5.41) is 3.33.